The number of sulfone groups is 1. The van der Waals surface area contributed by atoms with Crippen molar-refractivity contribution < 1.29 is 13.2 Å². The van der Waals surface area contributed by atoms with Crippen LogP contribution in [0.5, 0.6) is 0 Å². The molecule has 5 heteroatoms. The number of hydrogen-bond donors (Lipinski definition) is 1. The van der Waals surface area contributed by atoms with E-state index in [1.807, 2.05) is 0 Å². The number of ether oxygens (including phenoxy) is 1. The van der Waals surface area contributed by atoms with Gasteiger partial charge in [-0.2, -0.15) is 0 Å². The van der Waals surface area contributed by atoms with Crippen LogP contribution in [0.1, 0.15) is 19.8 Å². The van der Waals surface area contributed by atoms with Gasteiger partial charge in [0.2, 0.25) is 0 Å². The van der Waals surface area contributed by atoms with E-state index >= 15 is 0 Å². The molecule has 1 rings (SSSR count). The first-order valence-corrected chi connectivity index (χ1v) is 7.45. The molecule has 90 valence electrons. The zero-order chi connectivity index (χ0) is 11.1. The molecule has 0 amide bonds. The van der Waals surface area contributed by atoms with Crippen molar-refractivity contribution in [2.75, 3.05) is 37.8 Å². The van der Waals surface area contributed by atoms with Crippen molar-refractivity contribution in [2.24, 2.45) is 5.92 Å². The third kappa shape index (κ3) is 5.49. The highest BCUT2D eigenvalue weighted by Gasteiger charge is 2.27. The molecule has 1 aliphatic rings. The summed E-state index contributed by atoms with van der Waals surface area (Å²) < 4.78 is 27.6. The minimum atomic E-state index is -2.72. The summed E-state index contributed by atoms with van der Waals surface area (Å²) in [4.78, 5) is 0. The van der Waals surface area contributed by atoms with Crippen LogP contribution in [0.25, 0.3) is 0 Å². The number of rotatable bonds is 7. The summed E-state index contributed by atoms with van der Waals surface area (Å²) in [6, 6.07) is 0. The van der Waals surface area contributed by atoms with Crippen molar-refractivity contribution in [3.63, 3.8) is 0 Å². The van der Waals surface area contributed by atoms with Crippen molar-refractivity contribution in [1.29, 1.82) is 0 Å². The Morgan fingerprint density at radius 2 is 2.20 bits per heavy atom. The third-order valence-corrected chi connectivity index (χ3v) is 4.37. The second-order valence-corrected chi connectivity index (χ2v) is 6.31. The van der Waals surface area contributed by atoms with Gasteiger partial charge in [0.15, 0.2) is 9.84 Å². The van der Waals surface area contributed by atoms with Gasteiger partial charge in [-0.15, -0.1) is 0 Å². The summed E-state index contributed by atoms with van der Waals surface area (Å²) >= 11 is 0. The maximum Gasteiger partial charge on any atom is 0.150 e. The number of nitrogens with one attached hydrogen (secondary N) is 1. The Hall–Kier alpha value is -0.130. The van der Waals surface area contributed by atoms with Crippen molar-refractivity contribution in [1.82, 2.24) is 5.32 Å². The quantitative estimate of drug-likeness (QED) is 0.651. The van der Waals surface area contributed by atoms with E-state index in [9.17, 15) is 8.42 Å². The van der Waals surface area contributed by atoms with Crippen LogP contribution < -0.4 is 5.32 Å². The van der Waals surface area contributed by atoms with Gasteiger partial charge in [0.25, 0.3) is 0 Å². The predicted molar refractivity (Wildman–Crippen MR) is 60.7 cm³/mol. The molecule has 4 nitrogen and oxygen atoms in total. The minimum Gasteiger partial charge on any atom is -0.380 e. The molecular formula is C10H21NO3S. The van der Waals surface area contributed by atoms with Gasteiger partial charge >= 0.3 is 0 Å². The smallest absolute Gasteiger partial charge is 0.150 e. The van der Waals surface area contributed by atoms with Crippen LogP contribution in [0.4, 0.5) is 0 Å². The molecule has 1 saturated heterocycles. The lowest BCUT2D eigenvalue weighted by Gasteiger charge is -2.09. The number of hydrogen-bond acceptors (Lipinski definition) is 4. The van der Waals surface area contributed by atoms with Crippen molar-refractivity contribution in [2.45, 2.75) is 19.8 Å². The monoisotopic (exact) mass is 235 g/mol. The van der Waals surface area contributed by atoms with Crippen molar-refractivity contribution >= 4 is 9.84 Å². The fourth-order valence-electron chi connectivity index (χ4n) is 1.73. The summed E-state index contributed by atoms with van der Waals surface area (Å²) in [5, 5.41) is 3.23. The van der Waals surface area contributed by atoms with Crippen LogP contribution in [0.2, 0.25) is 0 Å². The molecule has 0 bridgehead atoms. The van der Waals surface area contributed by atoms with E-state index in [0.717, 1.165) is 32.5 Å². The molecule has 0 spiro atoms. The molecule has 0 aromatic carbocycles. The lowest BCUT2D eigenvalue weighted by Crippen LogP contribution is -2.27. The molecule has 1 aliphatic heterocycles. The largest absolute Gasteiger partial charge is 0.380 e. The average Bonchev–Trinajstić information content (AvgIpc) is 2.52. The fourth-order valence-corrected chi connectivity index (χ4v) is 3.59. The van der Waals surface area contributed by atoms with Crippen LogP contribution in [0, 0.1) is 5.92 Å². The van der Waals surface area contributed by atoms with Gasteiger partial charge in [-0.1, -0.05) is 6.92 Å². The van der Waals surface area contributed by atoms with Gasteiger partial charge in [0.05, 0.1) is 18.1 Å². The Bertz CT molecular complexity index is 264. The van der Waals surface area contributed by atoms with Crippen molar-refractivity contribution in [3.05, 3.63) is 0 Å². The van der Waals surface area contributed by atoms with Crippen LogP contribution in [-0.2, 0) is 14.6 Å². The first-order valence-electron chi connectivity index (χ1n) is 5.63. The second-order valence-electron chi connectivity index (χ2n) is 4.09. The molecule has 15 heavy (non-hydrogen) atoms. The third-order valence-electron chi connectivity index (χ3n) is 2.53. The van der Waals surface area contributed by atoms with E-state index in [1.54, 1.807) is 0 Å². The molecular weight excluding hydrogens is 214 g/mol. The minimum absolute atomic E-state index is 0.307. The zero-order valence-electron chi connectivity index (χ0n) is 9.37. The Morgan fingerprint density at radius 3 is 2.80 bits per heavy atom. The molecule has 0 aliphatic carbocycles. The summed E-state index contributed by atoms with van der Waals surface area (Å²) in [5.74, 6) is 1.03. The van der Waals surface area contributed by atoms with Gasteiger partial charge in [-0.3, -0.25) is 0 Å². The molecule has 0 radical (unpaired) electrons. The van der Waals surface area contributed by atoms with Crippen LogP contribution in [0.3, 0.4) is 0 Å². The van der Waals surface area contributed by atoms with Gasteiger partial charge in [0.1, 0.15) is 0 Å². The Balaban J connectivity index is 1.97. The standard InChI is InChI=1S/C10H21NO3S/c1-2-5-14-6-4-11-8-10-3-7-15(12,13)9-10/h10-11H,2-9H2,1H3. The average molecular weight is 235 g/mol. The summed E-state index contributed by atoms with van der Waals surface area (Å²) in [6.45, 7) is 5.22. The molecule has 0 saturated carbocycles. The maximum atomic E-state index is 11.2. The highest BCUT2D eigenvalue weighted by molar-refractivity contribution is 7.91. The highest BCUT2D eigenvalue weighted by Crippen LogP contribution is 2.16. The molecule has 1 fully saturated rings. The van der Waals surface area contributed by atoms with Gasteiger partial charge in [-0.25, -0.2) is 8.42 Å². The first-order chi connectivity index (χ1) is 7.14. The Labute approximate surface area is 92.3 Å². The lowest BCUT2D eigenvalue weighted by atomic mass is 10.1. The van der Waals surface area contributed by atoms with Crippen LogP contribution in [-0.4, -0.2) is 46.2 Å². The SMILES string of the molecule is CCCOCCNCC1CCS(=O)(=O)C1. The second kappa shape index (κ2) is 6.45. The van der Waals surface area contributed by atoms with Crippen LogP contribution >= 0.6 is 0 Å². The van der Waals surface area contributed by atoms with Gasteiger partial charge < -0.3 is 10.1 Å². The summed E-state index contributed by atoms with van der Waals surface area (Å²) in [7, 11) is -2.72. The molecule has 1 atom stereocenters. The van der Waals surface area contributed by atoms with E-state index in [2.05, 4.69) is 12.2 Å². The summed E-state index contributed by atoms with van der Waals surface area (Å²) in [5.41, 5.74) is 0. The molecule has 1 heterocycles. The maximum absolute atomic E-state index is 11.2. The Kier molecular flexibility index (Phi) is 5.56. The van der Waals surface area contributed by atoms with E-state index in [0.29, 0.717) is 24.0 Å². The van der Waals surface area contributed by atoms with Crippen molar-refractivity contribution in [3.8, 4) is 0 Å². The van der Waals surface area contributed by atoms with E-state index < -0.39 is 9.84 Å². The fraction of sp³-hybridized carbons (Fsp3) is 1.00. The molecule has 1 N–H and O–H groups in total. The molecule has 0 aromatic rings. The molecule has 1 unspecified atom stereocenters. The Morgan fingerprint density at radius 1 is 1.40 bits per heavy atom. The van der Waals surface area contributed by atoms with E-state index in [1.165, 1.54) is 0 Å². The summed E-state index contributed by atoms with van der Waals surface area (Å²) in [6.07, 6.45) is 1.85. The van der Waals surface area contributed by atoms with Gasteiger partial charge in [0, 0.05) is 13.2 Å². The van der Waals surface area contributed by atoms with E-state index in [4.69, 9.17) is 4.74 Å². The first kappa shape index (κ1) is 12.9. The highest BCUT2D eigenvalue weighted by atomic mass is 32.2. The lowest BCUT2D eigenvalue weighted by molar-refractivity contribution is 0.136. The normalized spacial score (nSPS) is 24.5. The van der Waals surface area contributed by atoms with E-state index in [-0.39, 0.29) is 0 Å². The van der Waals surface area contributed by atoms with Crippen LogP contribution in [0.15, 0.2) is 0 Å². The van der Waals surface area contributed by atoms with Gasteiger partial charge in [-0.05, 0) is 25.3 Å². The topological polar surface area (TPSA) is 55.4 Å². The zero-order valence-corrected chi connectivity index (χ0v) is 10.2. The molecule has 0 aromatic heterocycles. The predicted octanol–water partition coefficient (Wildman–Crippen LogP) is 0.437.